The quantitative estimate of drug-likeness (QED) is 0.467. The Morgan fingerprint density at radius 2 is 2.04 bits per heavy atom. The Balaban J connectivity index is 1.90. The minimum Gasteiger partial charge on any atom is -0.497 e. The lowest BCUT2D eigenvalue weighted by molar-refractivity contribution is 0.287. The Kier molecular flexibility index (Phi) is 5.03. The number of hydrogen-bond acceptors (Lipinski definition) is 6. The van der Waals surface area contributed by atoms with E-state index in [9.17, 15) is 5.11 Å². The van der Waals surface area contributed by atoms with Gasteiger partial charge in [-0.2, -0.15) is 0 Å². The standard InChI is InChI=1S/C19H19BrN4O2S/c1-26-12-6-4-11(5-7-12)10-24-15(3-2-8-25)23-16-17(24)18-13(22-19(16)21)9-14(20)27-18/h4-7,9,25H,2-3,8,10H2,1H3,(H2,21,22). The molecule has 4 rings (SSSR count). The van der Waals surface area contributed by atoms with Crippen LogP contribution in [0.3, 0.4) is 0 Å². The van der Waals surface area contributed by atoms with Crippen molar-refractivity contribution in [3.05, 3.63) is 45.5 Å². The van der Waals surface area contributed by atoms with E-state index in [-0.39, 0.29) is 6.61 Å². The summed E-state index contributed by atoms with van der Waals surface area (Å²) >= 11 is 5.18. The van der Waals surface area contributed by atoms with Crippen molar-refractivity contribution >= 4 is 54.3 Å². The Bertz CT molecular complexity index is 1100. The molecule has 4 aromatic rings. The maximum atomic E-state index is 9.28. The fourth-order valence-electron chi connectivity index (χ4n) is 3.21. The molecule has 8 heteroatoms. The van der Waals surface area contributed by atoms with Crippen molar-refractivity contribution in [2.45, 2.75) is 19.4 Å². The van der Waals surface area contributed by atoms with Gasteiger partial charge in [0.05, 0.1) is 26.6 Å². The molecule has 0 fully saturated rings. The minimum atomic E-state index is 0.124. The van der Waals surface area contributed by atoms with Gasteiger partial charge in [0, 0.05) is 19.6 Å². The molecule has 140 valence electrons. The van der Waals surface area contributed by atoms with Crippen LogP contribution in [0, 0.1) is 0 Å². The van der Waals surface area contributed by atoms with Crippen molar-refractivity contribution in [1.29, 1.82) is 0 Å². The van der Waals surface area contributed by atoms with Crippen LogP contribution in [0.4, 0.5) is 5.82 Å². The van der Waals surface area contributed by atoms with Crippen molar-refractivity contribution in [3.8, 4) is 5.75 Å². The largest absolute Gasteiger partial charge is 0.497 e. The number of thiophene rings is 1. The zero-order chi connectivity index (χ0) is 19.0. The van der Waals surface area contributed by atoms with Crippen molar-refractivity contribution in [2.75, 3.05) is 19.5 Å². The minimum absolute atomic E-state index is 0.124. The Hall–Kier alpha value is -2.16. The summed E-state index contributed by atoms with van der Waals surface area (Å²) in [6.45, 7) is 0.786. The molecule has 3 heterocycles. The molecule has 0 radical (unpaired) electrons. The SMILES string of the molecule is COc1ccc(Cn2c(CCCO)nc3c(N)nc4cc(Br)sc4c32)cc1. The van der Waals surface area contributed by atoms with E-state index >= 15 is 0 Å². The number of benzene rings is 1. The predicted octanol–water partition coefficient (Wildman–Crippen LogP) is 3.97. The molecule has 0 aliphatic rings. The maximum absolute atomic E-state index is 9.28. The molecular weight excluding hydrogens is 428 g/mol. The number of nitrogens with two attached hydrogens (primary N) is 1. The highest BCUT2D eigenvalue weighted by atomic mass is 79.9. The molecule has 0 bridgehead atoms. The van der Waals surface area contributed by atoms with E-state index in [0.717, 1.165) is 42.2 Å². The third kappa shape index (κ3) is 3.40. The average Bonchev–Trinajstić information content (AvgIpc) is 3.21. The van der Waals surface area contributed by atoms with Crippen LogP contribution in [-0.4, -0.2) is 33.4 Å². The van der Waals surface area contributed by atoms with Gasteiger partial charge >= 0.3 is 0 Å². The number of ether oxygens (including phenoxy) is 1. The van der Waals surface area contributed by atoms with Crippen LogP contribution in [-0.2, 0) is 13.0 Å². The first-order chi connectivity index (χ1) is 13.1. The highest BCUT2D eigenvalue weighted by Gasteiger charge is 2.19. The van der Waals surface area contributed by atoms with Crippen LogP contribution < -0.4 is 10.5 Å². The molecule has 0 atom stereocenters. The van der Waals surface area contributed by atoms with Gasteiger partial charge in [0.2, 0.25) is 0 Å². The fraction of sp³-hybridized carbons (Fsp3) is 0.263. The summed E-state index contributed by atoms with van der Waals surface area (Å²) in [5.74, 6) is 2.16. The summed E-state index contributed by atoms with van der Waals surface area (Å²) in [6, 6.07) is 9.98. The smallest absolute Gasteiger partial charge is 0.152 e. The third-order valence-electron chi connectivity index (χ3n) is 4.49. The number of nitrogen functional groups attached to an aromatic ring is 1. The van der Waals surface area contributed by atoms with E-state index in [0.29, 0.717) is 25.2 Å². The van der Waals surface area contributed by atoms with Crippen LogP contribution in [0.5, 0.6) is 5.75 Å². The topological polar surface area (TPSA) is 86.2 Å². The van der Waals surface area contributed by atoms with Crippen molar-refractivity contribution in [2.24, 2.45) is 0 Å². The van der Waals surface area contributed by atoms with E-state index in [2.05, 4.69) is 25.5 Å². The second-order valence-corrected chi connectivity index (χ2v) is 8.68. The summed E-state index contributed by atoms with van der Waals surface area (Å²) in [5.41, 5.74) is 9.93. The molecule has 3 aromatic heterocycles. The zero-order valence-corrected chi connectivity index (χ0v) is 17.2. The van der Waals surface area contributed by atoms with Gasteiger partial charge in [-0.1, -0.05) is 12.1 Å². The molecule has 0 amide bonds. The summed E-state index contributed by atoms with van der Waals surface area (Å²) in [7, 11) is 1.66. The van der Waals surface area contributed by atoms with E-state index in [1.165, 1.54) is 0 Å². The van der Waals surface area contributed by atoms with Crippen molar-refractivity contribution in [1.82, 2.24) is 14.5 Å². The van der Waals surface area contributed by atoms with Gasteiger partial charge in [-0.3, -0.25) is 0 Å². The molecule has 0 saturated heterocycles. The van der Waals surface area contributed by atoms with Gasteiger partial charge in [-0.15, -0.1) is 11.3 Å². The first kappa shape index (κ1) is 18.2. The first-order valence-electron chi connectivity index (χ1n) is 8.58. The second-order valence-electron chi connectivity index (χ2n) is 6.25. The molecule has 0 spiro atoms. The van der Waals surface area contributed by atoms with Crippen LogP contribution in [0.25, 0.3) is 21.3 Å². The number of aromatic nitrogens is 3. The number of rotatable bonds is 6. The second kappa shape index (κ2) is 7.46. The number of imidazole rings is 1. The van der Waals surface area contributed by atoms with Gasteiger partial charge in [-0.25, -0.2) is 9.97 Å². The number of anilines is 1. The average molecular weight is 447 g/mol. The number of aliphatic hydroxyl groups is 1. The molecule has 0 aliphatic heterocycles. The Labute approximate surface area is 168 Å². The Morgan fingerprint density at radius 1 is 1.26 bits per heavy atom. The molecule has 0 saturated carbocycles. The van der Waals surface area contributed by atoms with Crippen molar-refractivity contribution in [3.63, 3.8) is 0 Å². The number of pyridine rings is 1. The summed E-state index contributed by atoms with van der Waals surface area (Å²) in [5, 5.41) is 9.28. The molecule has 0 aliphatic carbocycles. The first-order valence-corrected chi connectivity index (χ1v) is 10.2. The summed E-state index contributed by atoms with van der Waals surface area (Å²) in [6.07, 6.45) is 1.32. The van der Waals surface area contributed by atoms with Crippen LogP contribution >= 0.6 is 27.3 Å². The van der Waals surface area contributed by atoms with E-state index in [4.69, 9.17) is 15.5 Å². The van der Waals surface area contributed by atoms with E-state index < -0.39 is 0 Å². The zero-order valence-electron chi connectivity index (χ0n) is 14.8. The number of hydrogen-bond donors (Lipinski definition) is 2. The van der Waals surface area contributed by atoms with Crippen LogP contribution in [0.2, 0.25) is 0 Å². The highest BCUT2D eigenvalue weighted by Crippen LogP contribution is 2.37. The number of aliphatic hydroxyl groups excluding tert-OH is 1. The monoisotopic (exact) mass is 446 g/mol. The normalized spacial score (nSPS) is 11.5. The van der Waals surface area contributed by atoms with Gasteiger partial charge in [0.15, 0.2) is 5.82 Å². The fourth-order valence-corrected chi connectivity index (χ4v) is 4.79. The molecular formula is C19H19BrN4O2S. The van der Waals surface area contributed by atoms with E-state index in [1.807, 2.05) is 30.3 Å². The van der Waals surface area contributed by atoms with Crippen LogP contribution in [0.15, 0.2) is 34.1 Å². The molecule has 6 nitrogen and oxygen atoms in total. The number of nitrogens with zero attached hydrogens (tertiary/aromatic N) is 3. The van der Waals surface area contributed by atoms with Crippen molar-refractivity contribution < 1.29 is 9.84 Å². The Morgan fingerprint density at radius 3 is 2.74 bits per heavy atom. The molecule has 0 unspecified atom stereocenters. The number of aryl methyl sites for hydroxylation is 1. The molecule has 27 heavy (non-hydrogen) atoms. The molecule has 3 N–H and O–H groups in total. The van der Waals surface area contributed by atoms with Gasteiger partial charge in [0.25, 0.3) is 0 Å². The van der Waals surface area contributed by atoms with Gasteiger partial charge < -0.3 is 20.1 Å². The maximum Gasteiger partial charge on any atom is 0.152 e. The molecule has 1 aromatic carbocycles. The lowest BCUT2D eigenvalue weighted by atomic mass is 10.2. The number of fused-ring (bicyclic) bond motifs is 3. The van der Waals surface area contributed by atoms with Gasteiger partial charge in [0.1, 0.15) is 17.1 Å². The van der Waals surface area contributed by atoms with Gasteiger partial charge in [-0.05, 0) is 46.1 Å². The lowest BCUT2D eigenvalue weighted by Gasteiger charge is -2.10. The predicted molar refractivity (Wildman–Crippen MR) is 113 cm³/mol. The lowest BCUT2D eigenvalue weighted by Crippen LogP contribution is -2.06. The van der Waals surface area contributed by atoms with E-state index in [1.54, 1.807) is 18.4 Å². The third-order valence-corrected chi connectivity index (χ3v) is 6.12. The number of halogens is 1. The van der Waals surface area contributed by atoms with Crippen LogP contribution in [0.1, 0.15) is 17.8 Å². The highest BCUT2D eigenvalue weighted by molar-refractivity contribution is 9.11. The summed E-state index contributed by atoms with van der Waals surface area (Å²) < 4.78 is 9.51. The number of methoxy groups -OCH3 is 1. The summed E-state index contributed by atoms with van der Waals surface area (Å²) in [4.78, 5) is 9.28.